The van der Waals surface area contributed by atoms with Crippen LogP contribution in [-0.2, 0) is 9.84 Å². The minimum atomic E-state index is -3.02. The third-order valence-electron chi connectivity index (χ3n) is 3.08. The molecule has 0 radical (unpaired) electrons. The van der Waals surface area contributed by atoms with E-state index in [4.69, 9.17) is 0 Å². The SMILES string of the molecule is CCCC(C)S(=O)(=O)C(CC)CCC(C)O. The van der Waals surface area contributed by atoms with Gasteiger partial charge in [0.05, 0.1) is 16.6 Å². The van der Waals surface area contributed by atoms with Crippen LogP contribution in [0.5, 0.6) is 0 Å². The number of sulfone groups is 1. The van der Waals surface area contributed by atoms with Crippen LogP contribution in [0.3, 0.4) is 0 Å². The quantitative estimate of drug-likeness (QED) is 0.720. The Bertz CT molecular complexity index is 270. The molecule has 0 aromatic heterocycles. The average Bonchev–Trinajstić information content (AvgIpc) is 2.18. The maximum Gasteiger partial charge on any atom is 0.155 e. The summed E-state index contributed by atoms with van der Waals surface area (Å²) in [6.45, 7) is 7.41. The van der Waals surface area contributed by atoms with Gasteiger partial charge in [-0.2, -0.15) is 0 Å². The molecule has 1 N–H and O–H groups in total. The molecular weight excluding hydrogens is 224 g/mol. The molecule has 0 aliphatic carbocycles. The molecule has 0 fully saturated rings. The topological polar surface area (TPSA) is 54.4 Å². The van der Waals surface area contributed by atoms with Crippen LogP contribution >= 0.6 is 0 Å². The zero-order valence-electron chi connectivity index (χ0n) is 10.9. The van der Waals surface area contributed by atoms with Crippen molar-refractivity contribution in [2.24, 2.45) is 0 Å². The van der Waals surface area contributed by atoms with E-state index in [1.807, 2.05) is 13.8 Å². The van der Waals surface area contributed by atoms with E-state index >= 15 is 0 Å². The minimum absolute atomic E-state index is 0.253. The molecule has 0 aromatic carbocycles. The summed E-state index contributed by atoms with van der Waals surface area (Å²) in [5, 5.41) is 8.67. The molecule has 3 nitrogen and oxygen atoms in total. The van der Waals surface area contributed by atoms with Crippen molar-refractivity contribution in [3.05, 3.63) is 0 Å². The van der Waals surface area contributed by atoms with Gasteiger partial charge in [-0.05, 0) is 39.5 Å². The summed E-state index contributed by atoms with van der Waals surface area (Å²) < 4.78 is 24.4. The predicted molar refractivity (Wildman–Crippen MR) is 68.3 cm³/mol. The number of hydrogen-bond donors (Lipinski definition) is 1. The Morgan fingerprint density at radius 2 is 1.62 bits per heavy atom. The summed E-state index contributed by atoms with van der Waals surface area (Å²) in [4.78, 5) is 0. The Kier molecular flexibility index (Phi) is 7.24. The van der Waals surface area contributed by atoms with Crippen molar-refractivity contribution in [2.45, 2.75) is 76.4 Å². The zero-order chi connectivity index (χ0) is 12.8. The molecule has 0 aliphatic rings. The molecule has 0 rings (SSSR count). The van der Waals surface area contributed by atoms with Crippen molar-refractivity contribution < 1.29 is 13.5 Å². The molecule has 0 spiro atoms. The normalized spacial score (nSPS) is 18.1. The van der Waals surface area contributed by atoms with Gasteiger partial charge in [-0.25, -0.2) is 8.42 Å². The van der Waals surface area contributed by atoms with E-state index in [1.54, 1.807) is 13.8 Å². The summed E-state index contributed by atoms with van der Waals surface area (Å²) >= 11 is 0. The van der Waals surface area contributed by atoms with Crippen LogP contribution in [0.15, 0.2) is 0 Å². The molecule has 0 bridgehead atoms. The van der Waals surface area contributed by atoms with Crippen LogP contribution in [0.25, 0.3) is 0 Å². The van der Waals surface area contributed by atoms with Crippen LogP contribution in [0.4, 0.5) is 0 Å². The van der Waals surface area contributed by atoms with Crippen LogP contribution in [0, 0.1) is 0 Å². The van der Waals surface area contributed by atoms with Crippen LogP contribution in [0.2, 0.25) is 0 Å². The summed E-state index contributed by atoms with van der Waals surface area (Å²) in [6, 6.07) is 0. The Morgan fingerprint density at radius 3 is 2.00 bits per heavy atom. The van der Waals surface area contributed by atoms with Gasteiger partial charge in [0.15, 0.2) is 9.84 Å². The lowest BCUT2D eigenvalue weighted by Gasteiger charge is -2.21. The van der Waals surface area contributed by atoms with E-state index in [2.05, 4.69) is 0 Å². The smallest absolute Gasteiger partial charge is 0.155 e. The van der Waals surface area contributed by atoms with E-state index < -0.39 is 15.9 Å². The Morgan fingerprint density at radius 1 is 1.06 bits per heavy atom. The summed E-state index contributed by atoms with van der Waals surface area (Å²) in [5.41, 5.74) is 0. The van der Waals surface area contributed by atoms with Gasteiger partial charge in [0.1, 0.15) is 0 Å². The van der Waals surface area contributed by atoms with Crippen LogP contribution in [0.1, 0.15) is 59.8 Å². The molecular formula is C12H26O3S. The van der Waals surface area contributed by atoms with Crippen LogP contribution < -0.4 is 0 Å². The first-order chi connectivity index (χ1) is 7.36. The van der Waals surface area contributed by atoms with Gasteiger partial charge in [0, 0.05) is 0 Å². The largest absolute Gasteiger partial charge is 0.393 e. The van der Waals surface area contributed by atoms with Gasteiger partial charge in [0.25, 0.3) is 0 Å². The highest BCUT2D eigenvalue weighted by Gasteiger charge is 2.29. The Labute approximate surface area is 100 Å². The number of rotatable bonds is 8. The van der Waals surface area contributed by atoms with Gasteiger partial charge < -0.3 is 5.11 Å². The second-order valence-corrected chi connectivity index (χ2v) is 7.29. The molecule has 0 aliphatic heterocycles. The number of hydrogen-bond acceptors (Lipinski definition) is 3. The lowest BCUT2D eigenvalue weighted by atomic mass is 10.1. The van der Waals surface area contributed by atoms with Gasteiger partial charge in [-0.15, -0.1) is 0 Å². The second kappa shape index (κ2) is 7.28. The fraction of sp³-hybridized carbons (Fsp3) is 1.00. The maximum absolute atomic E-state index is 12.2. The van der Waals surface area contributed by atoms with Gasteiger partial charge in [-0.1, -0.05) is 20.3 Å². The Balaban J connectivity index is 4.54. The summed E-state index contributed by atoms with van der Waals surface area (Å²) in [5.74, 6) is 0. The lowest BCUT2D eigenvalue weighted by molar-refractivity contribution is 0.181. The van der Waals surface area contributed by atoms with Crippen molar-refractivity contribution in [3.8, 4) is 0 Å². The van der Waals surface area contributed by atoms with E-state index in [0.29, 0.717) is 19.3 Å². The van der Waals surface area contributed by atoms with Crippen LogP contribution in [-0.4, -0.2) is 30.1 Å². The minimum Gasteiger partial charge on any atom is -0.393 e. The molecule has 0 amide bonds. The molecule has 3 atom stereocenters. The third kappa shape index (κ3) is 4.83. The molecule has 0 saturated heterocycles. The summed E-state index contributed by atoms with van der Waals surface area (Å²) in [6.07, 6.45) is 3.00. The lowest BCUT2D eigenvalue weighted by Crippen LogP contribution is -2.30. The first-order valence-corrected chi connectivity index (χ1v) is 7.87. The standard InChI is InChI=1S/C12H26O3S/c1-5-7-11(4)16(14,15)12(6-2)9-8-10(3)13/h10-13H,5-9H2,1-4H3. The highest BCUT2D eigenvalue weighted by atomic mass is 32.2. The Hall–Kier alpha value is -0.0900. The first kappa shape index (κ1) is 15.9. The van der Waals surface area contributed by atoms with Gasteiger partial charge in [0.2, 0.25) is 0 Å². The first-order valence-electron chi connectivity index (χ1n) is 6.26. The molecule has 3 unspecified atom stereocenters. The zero-order valence-corrected chi connectivity index (χ0v) is 11.8. The predicted octanol–water partition coefficient (Wildman–Crippen LogP) is 2.53. The fourth-order valence-corrected chi connectivity index (χ4v) is 4.08. The van der Waals surface area contributed by atoms with E-state index in [9.17, 15) is 13.5 Å². The van der Waals surface area contributed by atoms with Crippen molar-refractivity contribution >= 4 is 9.84 Å². The molecule has 98 valence electrons. The molecule has 0 heterocycles. The van der Waals surface area contributed by atoms with Crippen molar-refractivity contribution in [2.75, 3.05) is 0 Å². The third-order valence-corrected chi connectivity index (χ3v) is 5.94. The van der Waals surface area contributed by atoms with Crippen molar-refractivity contribution in [1.82, 2.24) is 0 Å². The van der Waals surface area contributed by atoms with Gasteiger partial charge >= 0.3 is 0 Å². The number of aliphatic hydroxyl groups excluding tert-OH is 1. The van der Waals surface area contributed by atoms with E-state index in [-0.39, 0.29) is 10.5 Å². The maximum atomic E-state index is 12.2. The number of aliphatic hydroxyl groups is 1. The van der Waals surface area contributed by atoms with Crippen molar-refractivity contribution in [3.63, 3.8) is 0 Å². The average molecular weight is 250 g/mol. The highest BCUT2D eigenvalue weighted by molar-refractivity contribution is 7.92. The molecule has 4 heteroatoms. The molecule has 16 heavy (non-hydrogen) atoms. The monoisotopic (exact) mass is 250 g/mol. The molecule has 0 saturated carbocycles. The highest BCUT2D eigenvalue weighted by Crippen LogP contribution is 2.21. The van der Waals surface area contributed by atoms with E-state index in [0.717, 1.165) is 12.8 Å². The van der Waals surface area contributed by atoms with E-state index in [1.165, 1.54) is 0 Å². The van der Waals surface area contributed by atoms with Crippen molar-refractivity contribution in [1.29, 1.82) is 0 Å². The summed E-state index contributed by atoms with van der Waals surface area (Å²) in [7, 11) is -3.02. The second-order valence-electron chi connectivity index (χ2n) is 4.64. The van der Waals surface area contributed by atoms with Gasteiger partial charge in [-0.3, -0.25) is 0 Å². The fourth-order valence-electron chi connectivity index (χ4n) is 1.93. The molecule has 0 aromatic rings.